The lowest BCUT2D eigenvalue weighted by molar-refractivity contribution is -0.137. The first-order chi connectivity index (χ1) is 18.1. The fraction of sp³-hybridized carbons (Fsp3) is 0.296. The van der Waals surface area contributed by atoms with Crippen LogP contribution in [0.15, 0.2) is 41.2 Å². The number of thiazole rings is 1. The Hall–Kier alpha value is -3.57. The third-order valence-corrected chi connectivity index (χ3v) is 7.97. The van der Waals surface area contributed by atoms with E-state index in [-0.39, 0.29) is 30.6 Å². The fourth-order valence-electron chi connectivity index (χ4n) is 5.51. The number of aryl methyl sites for hydroxylation is 1. The molecule has 2 aromatic carbocycles. The third-order valence-electron chi connectivity index (χ3n) is 7.34. The average Bonchev–Trinajstić information content (AvgIpc) is 3.61. The number of ether oxygens (including phenoxy) is 1. The van der Waals surface area contributed by atoms with Gasteiger partial charge in [0.25, 0.3) is 5.91 Å². The third kappa shape index (κ3) is 4.10. The number of pyridine rings is 1. The molecule has 6 rings (SSSR count). The molecule has 11 heteroatoms. The molecule has 2 N–H and O–H groups in total. The van der Waals surface area contributed by atoms with Crippen molar-refractivity contribution in [3.05, 3.63) is 86.1 Å². The lowest BCUT2D eigenvalue weighted by Gasteiger charge is -2.30. The minimum atomic E-state index is -4.46. The molecule has 2 aromatic heterocycles. The first-order valence-electron chi connectivity index (χ1n) is 12.0. The van der Waals surface area contributed by atoms with Crippen LogP contribution in [0.5, 0.6) is 0 Å². The zero-order valence-electron chi connectivity index (χ0n) is 20.2. The molecule has 6 nitrogen and oxygen atoms in total. The van der Waals surface area contributed by atoms with Gasteiger partial charge in [-0.15, -0.1) is 11.3 Å². The number of nitrogens with zero attached hydrogens (tertiary/aromatic N) is 3. The van der Waals surface area contributed by atoms with Gasteiger partial charge in [-0.05, 0) is 54.7 Å². The van der Waals surface area contributed by atoms with Crippen molar-refractivity contribution in [3.8, 4) is 0 Å². The number of nitrogens with two attached hydrogens (primary N) is 1. The second kappa shape index (κ2) is 9.02. The van der Waals surface area contributed by atoms with Crippen LogP contribution in [0.2, 0.25) is 0 Å². The Morgan fingerprint density at radius 2 is 2.08 bits per heavy atom. The molecule has 1 aliphatic heterocycles. The van der Waals surface area contributed by atoms with E-state index in [0.29, 0.717) is 40.6 Å². The van der Waals surface area contributed by atoms with Crippen LogP contribution in [0, 0.1) is 5.82 Å². The average molecular weight is 543 g/mol. The molecule has 3 heterocycles. The molecule has 1 aliphatic carbocycles. The summed E-state index contributed by atoms with van der Waals surface area (Å²) in [5.41, 5.74) is 10.4. The van der Waals surface area contributed by atoms with Crippen molar-refractivity contribution >= 4 is 34.0 Å². The Balaban J connectivity index is 1.44. The molecule has 1 unspecified atom stereocenters. The molecule has 196 valence electrons. The summed E-state index contributed by atoms with van der Waals surface area (Å²) in [6, 6.07) is 5.73. The maximum atomic E-state index is 15.4. The van der Waals surface area contributed by atoms with Crippen molar-refractivity contribution in [1.29, 1.82) is 0 Å². The zero-order chi connectivity index (χ0) is 26.8. The number of benzene rings is 2. The standard InChI is InChI=1S/C27H22F4N4O2S/c1-13-24-20(10-37-13)18-7-19(21(28)8-22(18)34-25(24)32)26(36)35(9-16-11-38-12-33-16)23-5-2-14-6-15(27(29,30)31)3-4-17(14)23/h3-4,6-8,11-13,23H,2,5,9-10H2,1H3,(H2,32,34)/t13-,23?/m1/s1. The van der Waals surface area contributed by atoms with Crippen molar-refractivity contribution in [3.63, 3.8) is 0 Å². The summed E-state index contributed by atoms with van der Waals surface area (Å²) in [6.45, 7) is 2.20. The largest absolute Gasteiger partial charge is 0.416 e. The van der Waals surface area contributed by atoms with Crippen molar-refractivity contribution in [2.24, 2.45) is 0 Å². The normalized spacial score (nSPS) is 18.6. The van der Waals surface area contributed by atoms with Crippen LogP contribution in [0.1, 0.15) is 69.4 Å². The number of carbonyl (C=O) groups is 1. The van der Waals surface area contributed by atoms with E-state index in [1.165, 1.54) is 34.4 Å². The van der Waals surface area contributed by atoms with Crippen LogP contribution >= 0.6 is 11.3 Å². The molecule has 2 aliphatic rings. The first kappa shape index (κ1) is 24.7. The molecule has 0 radical (unpaired) electrons. The van der Waals surface area contributed by atoms with Crippen molar-refractivity contribution in [2.45, 2.75) is 51.2 Å². The highest BCUT2D eigenvalue weighted by Crippen LogP contribution is 2.42. The minimum Gasteiger partial charge on any atom is -0.383 e. The van der Waals surface area contributed by atoms with Crippen molar-refractivity contribution in [2.75, 3.05) is 5.73 Å². The molecule has 38 heavy (non-hydrogen) atoms. The SMILES string of the molecule is C[C@H]1OCc2c1c(N)nc1cc(F)c(C(=O)N(Cc3cscn3)C3CCc4cc(C(F)(F)F)ccc43)cc21. The van der Waals surface area contributed by atoms with E-state index in [9.17, 15) is 18.0 Å². The highest BCUT2D eigenvalue weighted by molar-refractivity contribution is 7.07. The number of halogens is 4. The number of aromatic nitrogens is 2. The molecular formula is C27H22F4N4O2S. The summed E-state index contributed by atoms with van der Waals surface area (Å²) in [7, 11) is 0. The van der Waals surface area contributed by atoms with Gasteiger partial charge in [0.15, 0.2) is 0 Å². The maximum absolute atomic E-state index is 15.4. The van der Waals surface area contributed by atoms with Crippen LogP contribution < -0.4 is 5.73 Å². The summed E-state index contributed by atoms with van der Waals surface area (Å²) in [5, 5.41) is 2.37. The van der Waals surface area contributed by atoms with Crippen molar-refractivity contribution in [1.82, 2.24) is 14.9 Å². The number of rotatable bonds is 4. The Morgan fingerprint density at radius 1 is 1.26 bits per heavy atom. The summed E-state index contributed by atoms with van der Waals surface area (Å²) in [4.78, 5) is 24.1. The Kier molecular flexibility index (Phi) is 5.88. The van der Waals surface area contributed by atoms with Crippen LogP contribution in [0.4, 0.5) is 23.4 Å². The van der Waals surface area contributed by atoms with E-state index >= 15 is 4.39 Å². The Morgan fingerprint density at radius 3 is 2.82 bits per heavy atom. The Bertz CT molecular complexity index is 1570. The summed E-state index contributed by atoms with van der Waals surface area (Å²) >= 11 is 1.36. The van der Waals surface area contributed by atoms with Crippen LogP contribution in [0.25, 0.3) is 10.9 Å². The molecular weight excluding hydrogens is 520 g/mol. The topological polar surface area (TPSA) is 81.3 Å². The van der Waals surface area contributed by atoms with Crippen LogP contribution in [0.3, 0.4) is 0 Å². The van der Waals surface area contributed by atoms with Gasteiger partial charge in [-0.1, -0.05) is 6.07 Å². The van der Waals surface area contributed by atoms with Gasteiger partial charge in [-0.25, -0.2) is 14.4 Å². The molecule has 2 atom stereocenters. The van der Waals surface area contributed by atoms with E-state index in [1.54, 1.807) is 10.9 Å². The number of hydrogen-bond acceptors (Lipinski definition) is 6. The molecule has 4 aromatic rings. The monoisotopic (exact) mass is 542 g/mol. The minimum absolute atomic E-state index is 0.0865. The highest BCUT2D eigenvalue weighted by Gasteiger charge is 2.37. The van der Waals surface area contributed by atoms with Gasteiger partial charge < -0.3 is 15.4 Å². The van der Waals surface area contributed by atoms with Crippen LogP contribution in [-0.4, -0.2) is 20.8 Å². The first-order valence-corrected chi connectivity index (χ1v) is 13.0. The van der Waals surface area contributed by atoms with E-state index in [2.05, 4.69) is 9.97 Å². The smallest absolute Gasteiger partial charge is 0.383 e. The summed E-state index contributed by atoms with van der Waals surface area (Å²) in [5.74, 6) is -1.06. The molecule has 0 fully saturated rings. The quantitative estimate of drug-likeness (QED) is 0.304. The number of anilines is 1. The molecule has 1 amide bonds. The van der Waals surface area contributed by atoms with Crippen LogP contribution in [-0.2, 0) is 30.5 Å². The number of hydrogen-bond donors (Lipinski definition) is 1. The van der Waals surface area contributed by atoms with Gasteiger partial charge in [0.05, 0.1) is 53.1 Å². The Labute approximate surface area is 219 Å². The van der Waals surface area contributed by atoms with Gasteiger partial charge in [-0.3, -0.25) is 4.79 Å². The summed E-state index contributed by atoms with van der Waals surface area (Å²) < 4.78 is 61.0. The van der Waals surface area contributed by atoms with Gasteiger partial charge >= 0.3 is 6.18 Å². The number of amides is 1. The number of nitrogen functional groups attached to an aromatic ring is 1. The lowest BCUT2D eigenvalue weighted by atomic mass is 9.98. The molecule has 0 bridgehead atoms. The van der Waals surface area contributed by atoms with E-state index < -0.39 is 29.5 Å². The molecule has 0 saturated heterocycles. The van der Waals surface area contributed by atoms with E-state index in [0.717, 1.165) is 23.3 Å². The predicted octanol–water partition coefficient (Wildman–Crippen LogP) is 6.35. The predicted molar refractivity (Wildman–Crippen MR) is 134 cm³/mol. The lowest BCUT2D eigenvalue weighted by Crippen LogP contribution is -2.34. The second-order valence-corrected chi connectivity index (χ2v) is 10.3. The summed E-state index contributed by atoms with van der Waals surface area (Å²) in [6.07, 6.45) is -3.95. The van der Waals surface area contributed by atoms with E-state index in [1.807, 2.05) is 6.92 Å². The molecule has 0 spiro atoms. The number of alkyl halides is 3. The highest BCUT2D eigenvalue weighted by atomic mass is 32.1. The maximum Gasteiger partial charge on any atom is 0.416 e. The van der Waals surface area contributed by atoms with Gasteiger partial charge in [0.2, 0.25) is 0 Å². The van der Waals surface area contributed by atoms with Gasteiger partial charge in [0, 0.05) is 22.4 Å². The van der Waals surface area contributed by atoms with Crippen molar-refractivity contribution < 1.29 is 27.1 Å². The number of carbonyl (C=O) groups excluding carboxylic acids is 1. The van der Waals surface area contributed by atoms with Gasteiger partial charge in [-0.2, -0.15) is 13.2 Å². The molecule has 0 saturated carbocycles. The number of fused-ring (bicyclic) bond motifs is 4. The van der Waals surface area contributed by atoms with E-state index in [4.69, 9.17) is 10.5 Å². The van der Waals surface area contributed by atoms with Gasteiger partial charge in [0.1, 0.15) is 11.6 Å². The second-order valence-electron chi connectivity index (χ2n) is 9.57. The fourth-order valence-corrected chi connectivity index (χ4v) is 6.06. The zero-order valence-corrected chi connectivity index (χ0v) is 21.0.